The van der Waals surface area contributed by atoms with E-state index in [1.807, 2.05) is 31.2 Å². The molecule has 0 aliphatic heterocycles. The van der Waals surface area contributed by atoms with Gasteiger partial charge in [0.2, 0.25) is 0 Å². The maximum atomic E-state index is 10.0. The fourth-order valence-electron chi connectivity index (χ4n) is 1.90. The first-order chi connectivity index (χ1) is 9.28. The van der Waals surface area contributed by atoms with Crippen molar-refractivity contribution in [2.75, 3.05) is 6.61 Å². The molecule has 0 amide bonds. The lowest BCUT2D eigenvalue weighted by atomic mass is 10.3. The van der Waals surface area contributed by atoms with Crippen molar-refractivity contribution in [3.8, 4) is 17.2 Å². The topological polar surface area (TPSA) is 60.2 Å². The van der Waals surface area contributed by atoms with E-state index in [1.54, 1.807) is 18.2 Å². The van der Waals surface area contributed by atoms with Crippen molar-refractivity contribution >= 4 is 11.0 Å². The van der Waals surface area contributed by atoms with E-state index >= 15 is 0 Å². The van der Waals surface area contributed by atoms with Crippen LogP contribution in [-0.2, 0) is 0 Å². The van der Waals surface area contributed by atoms with Gasteiger partial charge in [0, 0.05) is 6.07 Å². The van der Waals surface area contributed by atoms with Crippen molar-refractivity contribution in [3.05, 3.63) is 42.5 Å². The van der Waals surface area contributed by atoms with Gasteiger partial charge in [-0.3, -0.25) is 0 Å². The van der Waals surface area contributed by atoms with E-state index in [4.69, 9.17) is 4.74 Å². The van der Waals surface area contributed by atoms with Crippen LogP contribution in [0.4, 0.5) is 0 Å². The molecule has 0 saturated carbocycles. The van der Waals surface area contributed by atoms with E-state index in [9.17, 15) is 5.11 Å². The van der Waals surface area contributed by atoms with E-state index in [-0.39, 0.29) is 28.0 Å². The van der Waals surface area contributed by atoms with Gasteiger partial charge in [-0.25, -0.2) is 0 Å². The Labute approximate surface area is 132 Å². The summed E-state index contributed by atoms with van der Waals surface area (Å²) in [4.78, 5) is 1.43. The van der Waals surface area contributed by atoms with Crippen LogP contribution in [0.2, 0.25) is 0 Å². The van der Waals surface area contributed by atoms with Gasteiger partial charge in [0.25, 0.3) is 0 Å². The molecule has 5 heteroatoms. The lowest BCUT2D eigenvalue weighted by Crippen LogP contribution is -1.99. The Bertz CT molecular complexity index is 690. The van der Waals surface area contributed by atoms with Crippen LogP contribution in [0.25, 0.3) is 16.7 Å². The molecule has 1 heterocycles. The summed E-state index contributed by atoms with van der Waals surface area (Å²) in [6, 6.07) is 12.6. The average molecular weight is 303 g/mol. The third-order valence-corrected chi connectivity index (χ3v) is 2.76. The minimum Gasteiger partial charge on any atom is -0.505 e. The number of rotatable bonds is 3. The summed E-state index contributed by atoms with van der Waals surface area (Å²) in [7, 11) is 0. The Hall–Kier alpha value is -2.56. The predicted molar refractivity (Wildman–Crippen MR) is 91.9 cm³/mol. The molecular formula is C17H25N3O2. The minimum absolute atomic E-state index is 0. The molecule has 22 heavy (non-hydrogen) atoms. The van der Waals surface area contributed by atoms with Crippen LogP contribution in [-0.4, -0.2) is 26.7 Å². The van der Waals surface area contributed by atoms with Gasteiger partial charge in [-0.2, -0.15) is 0 Å². The maximum absolute atomic E-state index is 10.0. The normalized spacial score (nSPS) is 9.32. The number of phenols is 1. The summed E-state index contributed by atoms with van der Waals surface area (Å²) in [5, 5.41) is 18.7. The zero-order valence-corrected chi connectivity index (χ0v) is 10.4. The van der Waals surface area contributed by atoms with Gasteiger partial charge in [0.05, 0.1) is 6.61 Å². The number of benzene rings is 2. The average Bonchev–Trinajstić information content (AvgIpc) is 2.82. The predicted octanol–water partition coefficient (Wildman–Crippen LogP) is 4.43. The number of aromatic nitrogens is 3. The van der Waals surface area contributed by atoms with Crippen molar-refractivity contribution in [1.82, 2.24) is 15.0 Å². The second-order valence-electron chi connectivity index (χ2n) is 4.06. The lowest BCUT2D eigenvalue weighted by molar-refractivity contribution is 0.337. The fourth-order valence-corrected chi connectivity index (χ4v) is 1.90. The highest BCUT2D eigenvalue weighted by atomic mass is 16.5. The Balaban J connectivity index is 0.00000147. The van der Waals surface area contributed by atoms with Gasteiger partial charge in [-0.1, -0.05) is 34.4 Å². The lowest BCUT2D eigenvalue weighted by Gasteiger charge is -2.06. The molecule has 2 aromatic carbocycles. The van der Waals surface area contributed by atoms with Crippen LogP contribution in [0.3, 0.4) is 0 Å². The maximum Gasteiger partial charge on any atom is 0.146 e. The zero-order valence-electron chi connectivity index (χ0n) is 10.4. The second-order valence-corrected chi connectivity index (χ2v) is 4.06. The zero-order chi connectivity index (χ0) is 13.2. The van der Waals surface area contributed by atoms with Crippen LogP contribution in [0.15, 0.2) is 42.5 Å². The fraction of sp³-hybridized carbons (Fsp3) is 0.294. The van der Waals surface area contributed by atoms with Crippen molar-refractivity contribution in [1.29, 1.82) is 0 Å². The molecule has 3 rings (SSSR count). The number of nitrogens with zero attached hydrogens (tertiary/aromatic N) is 3. The van der Waals surface area contributed by atoms with Crippen molar-refractivity contribution < 1.29 is 9.84 Å². The molecule has 5 nitrogen and oxygen atoms in total. The molecule has 0 aliphatic rings. The summed E-state index contributed by atoms with van der Waals surface area (Å²) in [5.74, 6) is 0.715. The molecule has 1 N–H and O–H groups in total. The standard InChI is InChI=1S/C14H13N3O2.3CH4/c1-2-19-10-7-8-13(14(18)9-10)17-15-11-5-3-4-6-12(11)16-17;;;/h3-9,18H,2H2,1H3;3*1H4. The molecule has 0 saturated heterocycles. The van der Waals surface area contributed by atoms with E-state index in [0.717, 1.165) is 11.0 Å². The molecule has 3 aromatic rings. The highest BCUT2D eigenvalue weighted by molar-refractivity contribution is 5.73. The molecule has 120 valence electrons. The minimum atomic E-state index is 0. The third kappa shape index (κ3) is 3.55. The number of fused-ring (bicyclic) bond motifs is 1. The van der Waals surface area contributed by atoms with E-state index in [0.29, 0.717) is 18.0 Å². The molecule has 0 aliphatic carbocycles. The van der Waals surface area contributed by atoms with Gasteiger partial charge in [-0.05, 0) is 31.2 Å². The first-order valence-electron chi connectivity index (χ1n) is 6.06. The van der Waals surface area contributed by atoms with Gasteiger partial charge in [0.15, 0.2) is 0 Å². The third-order valence-electron chi connectivity index (χ3n) is 2.76. The molecule has 0 radical (unpaired) electrons. The largest absolute Gasteiger partial charge is 0.505 e. The summed E-state index contributed by atoms with van der Waals surface area (Å²) in [6.07, 6.45) is 0. The Morgan fingerprint density at radius 1 is 1.00 bits per heavy atom. The Morgan fingerprint density at radius 2 is 1.59 bits per heavy atom. The number of ether oxygens (including phenoxy) is 1. The Kier molecular flexibility index (Phi) is 7.09. The van der Waals surface area contributed by atoms with Gasteiger partial charge in [-0.15, -0.1) is 15.0 Å². The number of aromatic hydroxyl groups is 1. The molecular weight excluding hydrogens is 278 g/mol. The van der Waals surface area contributed by atoms with Crippen molar-refractivity contribution in [3.63, 3.8) is 0 Å². The quantitative estimate of drug-likeness (QED) is 0.777. The Morgan fingerprint density at radius 3 is 2.09 bits per heavy atom. The van der Waals surface area contributed by atoms with E-state index in [2.05, 4.69) is 10.2 Å². The first-order valence-corrected chi connectivity index (χ1v) is 6.06. The summed E-state index contributed by atoms with van der Waals surface area (Å²) in [5.41, 5.74) is 2.10. The number of hydrogen-bond acceptors (Lipinski definition) is 4. The summed E-state index contributed by atoms with van der Waals surface area (Å²) in [6.45, 7) is 2.45. The van der Waals surface area contributed by atoms with Crippen LogP contribution in [0.1, 0.15) is 29.2 Å². The van der Waals surface area contributed by atoms with E-state index in [1.165, 1.54) is 4.80 Å². The molecule has 0 atom stereocenters. The summed E-state index contributed by atoms with van der Waals surface area (Å²) >= 11 is 0. The summed E-state index contributed by atoms with van der Waals surface area (Å²) < 4.78 is 5.33. The molecule has 0 bridgehead atoms. The van der Waals surface area contributed by atoms with E-state index < -0.39 is 0 Å². The van der Waals surface area contributed by atoms with Crippen LogP contribution in [0.5, 0.6) is 11.5 Å². The molecule has 0 fully saturated rings. The highest BCUT2D eigenvalue weighted by Gasteiger charge is 2.09. The smallest absolute Gasteiger partial charge is 0.146 e. The van der Waals surface area contributed by atoms with Gasteiger partial charge in [0.1, 0.15) is 28.2 Å². The molecule has 0 unspecified atom stereocenters. The van der Waals surface area contributed by atoms with Crippen LogP contribution in [0, 0.1) is 0 Å². The van der Waals surface area contributed by atoms with Gasteiger partial charge < -0.3 is 9.84 Å². The SMILES string of the molecule is C.C.C.CCOc1ccc(-n2nc3ccccc3n2)c(O)c1. The van der Waals surface area contributed by atoms with Crippen LogP contribution >= 0.6 is 0 Å². The first kappa shape index (κ1) is 19.4. The number of phenolic OH excluding ortho intramolecular Hbond substituents is 1. The highest BCUT2D eigenvalue weighted by Crippen LogP contribution is 2.26. The van der Waals surface area contributed by atoms with Crippen molar-refractivity contribution in [2.45, 2.75) is 29.2 Å². The second kappa shape index (κ2) is 8.02. The number of hydrogen-bond donors (Lipinski definition) is 1. The van der Waals surface area contributed by atoms with Gasteiger partial charge >= 0.3 is 0 Å². The monoisotopic (exact) mass is 303 g/mol. The molecule has 0 spiro atoms. The van der Waals surface area contributed by atoms with Crippen LogP contribution < -0.4 is 4.74 Å². The van der Waals surface area contributed by atoms with Crippen molar-refractivity contribution in [2.24, 2.45) is 0 Å². The molecule has 1 aromatic heterocycles.